The van der Waals surface area contributed by atoms with Crippen molar-refractivity contribution in [3.8, 4) is 0 Å². The second-order valence-corrected chi connectivity index (χ2v) is 6.23. The molecule has 2 heteroatoms. The molecule has 1 nitrogen and oxygen atoms in total. The summed E-state index contributed by atoms with van der Waals surface area (Å²) in [6, 6.07) is 0.791. The zero-order chi connectivity index (χ0) is 9.86. The number of thioether (sulfide) groups is 1. The molecule has 1 unspecified atom stereocenters. The molecule has 2 fully saturated rings. The van der Waals surface area contributed by atoms with Crippen LogP contribution in [0, 0.1) is 0 Å². The maximum atomic E-state index is 3.89. The standard InChI is InChI=1S/C12H23NS/c1-2-11-10-14-12(13-11)8-6-4-3-5-7-9-12/h11,13H,2-10H2,1H3. The van der Waals surface area contributed by atoms with E-state index < -0.39 is 0 Å². The summed E-state index contributed by atoms with van der Waals surface area (Å²) in [5.41, 5.74) is 0. The van der Waals surface area contributed by atoms with Gasteiger partial charge in [-0.05, 0) is 19.3 Å². The lowest BCUT2D eigenvalue weighted by atomic mass is 9.95. The van der Waals surface area contributed by atoms with Crippen LogP contribution in [0.25, 0.3) is 0 Å². The van der Waals surface area contributed by atoms with Crippen molar-refractivity contribution in [1.82, 2.24) is 5.32 Å². The molecule has 1 atom stereocenters. The van der Waals surface area contributed by atoms with Gasteiger partial charge in [0.1, 0.15) is 0 Å². The Morgan fingerprint density at radius 3 is 2.36 bits per heavy atom. The van der Waals surface area contributed by atoms with Crippen molar-refractivity contribution in [2.75, 3.05) is 5.75 Å². The molecule has 0 bridgehead atoms. The quantitative estimate of drug-likeness (QED) is 0.715. The fourth-order valence-electron chi connectivity index (χ4n) is 2.70. The van der Waals surface area contributed by atoms with Crippen LogP contribution in [0.3, 0.4) is 0 Å². The number of rotatable bonds is 1. The summed E-state index contributed by atoms with van der Waals surface area (Å²) in [7, 11) is 0. The highest BCUT2D eigenvalue weighted by Gasteiger charge is 2.37. The molecule has 1 heterocycles. The van der Waals surface area contributed by atoms with Gasteiger partial charge in [0.15, 0.2) is 0 Å². The van der Waals surface area contributed by atoms with Crippen LogP contribution in [-0.4, -0.2) is 16.7 Å². The van der Waals surface area contributed by atoms with Crippen LogP contribution in [0.5, 0.6) is 0 Å². The molecular weight excluding hydrogens is 190 g/mol. The molecule has 2 rings (SSSR count). The highest BCUT2D eigenvalue weighted by atomic mass is 32.2. The summed E-state index contributed by atoms with van der Waals surface area (Å²) in [6.45, 7) is 2.31. The largest absolute Gasteiger partial charge is 0.299 e. The second kappa shape index (κ2) is 4.89. The van der Waals surface area contributed by atoms with E-state index in [0.29, 0.717) is 4.87 Å². The van der Waals surface area contributed by atoms with Gasteiger partial charge in [0.05, 0.1) is 4.87 Å². The van der Waals surface area contributed by atoms with Crippen molar-refractivity contribution in [3.05, 3.63) is 0 Å². The summed E-state index contributed by atoms with van der Waals surface area (Å²) in [5, 5.41) is 3.89. The normalized spacial score (nSPS) is 32.8. The van der Waals surface area contributed by atoms with Crippen LogP contribution in [-0.2, 0) is 0 Å². The molecule has 1 saturated heterocycles. The average Bonchev–Trinajstić information content (AvgIpc) is 2.57. The maximum absolute atomic E-state index is 3.89. The van der Waals surface area contributed by atoms with Crippen LogP contribution in [0.1, 0.15) is 58.3 Å². The molecule has 1 aliphatic carbocycles. The first-order valence-electron chi connectivity index (χ1n) is 6.26. The molecule has 1 aliphatic heterocycles. The predicted molar refractivity (Wildman–Crippen MR) is 64.7 cm³/mol. The summed E-state index contributed by atoms with van der Waals surface area (Å²) in [4.78, 5) is 0.487. The Bertz CT molecular complexity index is 173. The first-order chi connectivity index (χ1) is 6.85. The van der Waals surface area contributed by atoms with Crippen LogP contribution >= 0.6 is 11.8 Å². The van der Waals surface area contributed by atoms with Gasteiger partial charge in [0, 0.05) is 11.8 Å². The van der Waals surface area contributed by atoms with Crippen molar-refractivity contribution >= 4 is 11.8 Å². The highest BCUT2D eigenvalue weighted by Crippen LogP contribution is 2.41. The van der Waals surface area contributed by atoms with Gasteiger partial charge in [-0.2, -0.15) is 0 Å². The summed E-state index contributed by atoms with van der Waals surface area (Å²) in [5.74, 6) is 1.34. The Labute approximate surface area is 92.4 Å². The molecule has 0 aromatic carbocycles. The number of nitrogens with one attached hydrogen (secondary N) is 1. The van der Waals surface area contributed by atoms with E-state index in [9.17, 15) is 0 Å². The maximum Gasteiger partial charge on any atom is 0.0648 e. The van der Waals surface area contributed by atoms with Gasteiger partial charge in [-0.15, -0.1) is 11.8 Å². The van der Waals surface area contributed by atoms with Crippen LogP contribution in [0.4, 0.5) is 0 Å². The van der Waals surface area contributed by atoms with E-state index in [0.717, 1.165) is 6.04 Å². The fourth-order valence-corrected chi connectivity index (χ4v) is 4.37. The molecule has 0 aromatic rings. The van der Waals surface area contributed by atoms with Gasteiger partial charge in [0.25, 0.3) is 0 Å². The third-order valence-electron chi connectivity index (χ3n) is 3.68. The summed E-state index contributed by atoms with van der Waals surface area (Å²) in [6.07, 6.45) is 11.4. The van der Waals surface area contributed by atoms with Gasteiger partial charge in [-0.3, -0.25) is 5.32 Å². The molecule has 1 saturated carbocycles. The monoisotopic (exact) mass is 213 g/mol. The molecule has 0 amide bonds. The fraction of sp³-hybridized carbons (Fsp3) is 1.00. The molecule has 82 valence electrons. The first-order valence-corrected chi connectivity index (χ1v) is 7.25. The Morgan fingerprint density at radius 2 is 1.79 bits per heavy atom. The summed E-state index contributed by atoms with van der Waals surface area (Å²) < 4.78 is 0. The highest BCUT2D eigenvalue weighted by molar-refractivity contribution is 8.00. The van der Waals surface area contributed by atoms with Gasteiger partial charge < -0.3 is 0 Å². The van der Waals surface area contributed by atoms with Crippen LogP contribution in [0.2, 0.25) is 0 Å². The Hall–Kier alpha value is 0.310. The van der Waals surface area contributed by atoms with Crippen molar-refractivity contribution in [3.63, 3.8) is 0 Å². The first kappa shape index (κ1) is 10.8. The van der Waals surface area contributed by atoms with Crippen LogP contribution in [0.15, 0.2) is 0 Å². The summed E-state index contributed by atoms with van der Waals surface area (Å²) >= 11 is 2.21. The van der Waals surface area contributed by atoms with E-state index in [1.807, 2.05) is 0 Å². The molecular formula is C12H23NS. The smallest absolute Gasteiger partial charge is 0.0648 e. The Morgan fingerprint density at radius 1 is 1.14 bits per heavy atom. The molecule has 0 radical (unpaired) electrons. The van der Waals surface area contributed by atoms with Crippen LogP contribution < -0.4 is 5.32 Å². The lowest BCUT2D eigenvalue weighted by molar-refractivity contribution is 0.343. The van der Waals surface area contributed by atoms with Crippen molar-refractivity contribution in [2.45, 2.75) is 69.2 Å². The van der Waals surface area contributed by atoms with Gasteiger partial charge in [-0.1, -0.05) is 39.0 Å². The second-order valence-electron chi connectivity index (χ2n) is 4.82. The van der Waals surface area contributed by atoms with Crippen molar-refractivity contribution in [1.29, 1.82) is 0 Å². The van der Waals surface area contributed by atoms with E-state index in [-0.39, 0.29) is 0 Å². The molecule has 14 heavy (non-hydrogen) atoms. The topological polar surface area (TPSA) is 12.0 Å². The zero-order valence-electron chi connectivity index (χ0n) is 9.35. The third-order valence-corrected chi connectivity index (χ3v) is 5.33. The molecule has 0 aromatic heterocycles. The van der Waals surface area contributed by atoms with Crippen molar-refractivity contribution in [2.24, 2.45) is 0 Å². The van der Waals surface area contributed by atoms with E-state index >= 15 is 0 Å². The molecule has 1 N–H and O–H groups in total. The van der Waals surface area contributed by atoms with E-state index in [4.69, 9.17) is 0 Å². The van der Waals surface area contributed by atoms with E-state index in [2.05, 4.69) is 24.0 Å². The Balaban J connectivity index is 1.92. The minimum Gasteiger partial charge on any atom is -0.299 e. The van der Waals surface area contributed by atoms with Gasteiger partial charge in [0.2, 0.25) is 0 Å². The SMILES string of the molecule is CCC1CSC2(CCCCCCC2)N1. The zero-order valence-corrected chi connectivity index (χ0v) is 10.2. The minimum atomic E-state index is 0.487. The van der Waals surface area contributed by atoms with Gasteiger partial charge >= 0.3 is 0 Å². The predicted octanol–water partition coefficient (Wildman–Crippen LogP) is 3.54. The minimum absolute atomic E-state index is 0.487. The van der Waals surface area contributed by atoms with Crippen molar-refractivity contribution < 1.29 is 0 Å². The lowest BCUT2D eigenvalue weighted by Crippen LogP contribution is -2.41. The lowest BCUT2D eigenvalue weighted by Gasteiger charge is -2.31. The van der Waals surface area contributed by atoms with Gasteiger partial charge in [-0.25, -0.2) is 0 Å². The number of hydrogen-bond donors (Lipinski definition) is 1. The average molecular weight is 213 g/mol. The number of hydrogen-bond acceptors (Lipinski definition) is 2. The molecule has 1 spiro atoms. The third kappa shape index (κ3) is 2.46. The van der Waals surface area contributed by atoms with E-state index in [1.165, 1.54) is 57.1 Å². The van der Waals surface area contributed by atoms with E-state index in [1.54, 1.807) is 0 Å². The molecule has 2 aliphatic rings. The Kier molecular flexibility index (Phi) is 3.78.